The van der Waals surface area contributed by atoms with Gasteiger partial charge in [0.25, 0.3) is 5.56 Å². The summed E-state index contributed by atoms with van der Waals surface area (Å²) in [5.41, 5.74) is 4.12. The van der Waals surface area contributed by atoms with Crippen LogP contribution < -0.4 is 5.56 Å². The SMILES string of the molecule is C=C/C=C(/Cn1ncc2c3sc(C)nc3n(C)c2c1=O)c1cn[nH]c1C. The average molecular weight is 366 g/mol. The Morgan fingerprint density at radius 3 is 2.88 bits per heavy atom. The van der Waals surface area contributed by atoms with E-state index >= 15 is 0 Å². The van der Waals surface area contributed by atoms with Gasteiger partial charge >= 0.3 is 0 Å². The molecule has 4 aromatic heterocycles. The molecule has 0 bridgehead atoms. The lowest BCUT2D eigenvalue weighted by Gasteiger charge is -2.09. The summed E-state index contributed by atoms with van der Waals surface area (Å²) in [5, 5.41) is 13.2. The predicted octanol–water partition coefficient (Wildman–Crippen LogP) is 2.95. The Kier molecular flexibility index (Phi) is 3.84. The molecule has 0 saturated heterocycles. The lowest BCUT2D eigenvalue weighted by molar-refractivity contribution is 0.665. The van der Waals surface area contributed by atoms with Gasteiger partial charge in [-0.3, -0.25) is 9.89 Å². The smallest absolute Gasteiger partial charge is 0.291 e. The molecule has 4 aromatic rings. The summed E-state index contributed by atoms with van der Waals surface area (Å²) in [4.78, 5) is 17.6. The molecule has 0 aliphatic heterocycles. The average Bonchev–Trinajstić information content (AvgIpc) is 3.26. The maximum Gasteiger partial charge on any atom is 0.291 e. The van der Waals surface area contributed by atoms with Crippen LogP contribution in [0, 0.1) is 13.8 Å². The van der Waals surface area contributed by atoms with E-state index in [4.69, 9.17) is 0 Å². The van der Waals surface area contributed by atoms with Crippen molar-refractivity contribution in [2.45, 2.75) is 20.4 Å². The van der Waals surface area contributed by atoms with Gasteiger partial charge in [0.15, 0.2) is 5.65 Å². The summed E-state index contributed by atoms with van der Waals surface area (Å²) in [6.07, 6.45) is 7.09. The molecule has 0 saturated carbocycles. The lowest BCUT2D eigenvalue weighted by Crippen LogP contribution is -2.24. The number of rotatable bonds is 4. The highest BCUT2D eigenvalue weighted by atomic mass is 32.1. The summed E-state index contributed by atoms with van der Waals surface area (Å²) in [7, 11) is 1.87. The van der Waals surface area contributed by atoms with E-state index in [9.17, 15) is 4.79 Å². The number of aromatic nitrogens is 6. The Balaban J connectivity index is 1.87. The second kappa shape index (κ2) is 6.06. The van der Waals surface area contributed by atoms with Crippen LogP contribution in [0.15, 0.2) is 35.9 Å². The molecule has 4 heterocycles. The van der Waals surface area contributed by atoms with Gasteiger partial charge < -0.3 is 4.57 Å². The molecule has 0 unspecified atom stereocenters. The van der Waals surface area contributed by atoms with Crippen molar-refractivity contribution in [1.29, 1.82) is 0 Å². The van der Waals surface area contributed by atoms with E-state index in [2.05, 4.69) is 26.9 Å². The third-order valence-corrected chi connectivity index (χ3v) is 5.44. The minimum Gasteiger partial charge on any atom is -0.323 e. The molecule has 7 nitrogen and oxygen atoms in total. The van der Waals surface area contributed by atoms with Crippen LogP contribution in [-0.2, 0) is 13.6 Å². The largest absolute Gasteiger partial charge is 0.323 e. The van der Waals surface area contributed by atoms with E-state index in [0.29, 0.717) is 12.1 Å². The third kappa shape index (κ3) is 2.41. The molecule has 0 fully saturated rings. The van der Waals surface area contributed by atoms with Crippen LogP contribution in [0.1, 0.15) is 16.3 Å². The van der Waals surface area contributed by atoms with Crippen molar-refractivity contribution in [2.75, 3.05) is 0 Å². The van der Waals surface area contributed by atoms with Crippen molar-refractivity contribution in [1.82, 2.24) is 29.5 Å². The Labute approximate surface area is 153 Å². The number of nitrogens with zero attached hydrogens (tertiary/aromatic N) is 5. The van der Waals surface area contributed by atoms with E-state index in [-0.39, 0.29) is 5.56 Å². The maximum atomic E-state index is 13.1. The zero-order valence-corrected chi connectivity index (χ0v) is 15.6. The van der Waals surface area contributed by atoms with E-state index in [1.165, 1.54) is 4.68 Å². The molecule has 0 atom stereocenters. The van der Waals surface area contributed by atoms with Crippen molar-refractivity contribution in [3.63, 3.8) is 0 Å². The molecule has 0 aliphatic carbocycles. The van der Waals surface area contributed by atoms with E-state index < -0.39 is 0 Å². The maximum absolute atomic E-state index is 13.1. The number of thiazole rings is 1. The minimum atomic E-state index is -0.135. The summed E-state index contributed by atoms with van der Waals surface area (Å²) in [6, 6.07) is 0. The fourth-order valence-electron chi connectivity index (χ4n) is 3.21. The molecule has 4 rings (SSSR count). The first-order valence-electron chi connectivity index (χ1n) is 8.15. The first-order chi connectivity index (χ1) is 12.5. The van der Waals surface area contributed by atoms with Gasteiger partial charge in [-0.15, -0.1) is 11.3 Å². The van der Waals surface area contributed by atoms with Gasteiger partial charge in [-0.2, -0.15) is 10.2 Å². The van der Waals surface area contributed by atoms with Gasteiger partial charge in [0, 0.05) is 23.7 Å². The van der Waals surface area contributed by atoms with Gasteiger partial charge in [-0.25, -0.2) is 9.67 Å². The van der Waals surface area contributed by atoms with E-state index in [0.717, 1.165) is 37.6 Å². The molecule has 0 amide bonds. The van der Waals surface area contributed by atoms with Crippen LogP contribution in [0.25, 0.3) is 26.8 Å². The van der Waals surface area contributed by atoms with Crippen LogP contribution >= 0.6 is 11.3 Å². The normalized spacial score (nSPS) is 12.3. The van der Waals surface area contributed by atoms with Gasteiger partial charge in [0.2, 0.25) is 0 Å². The second-order valence-electron chi connectivity index (χ2n) is 6.15. The molecule has 0 spiro atoms. The standard InChI is InChI=1S/C18H18N6OS/c1-5-6-12(13-7-19-22-10(13)2)9-24-18(25)15-14(8-20-24)16-17(23(15)4)21-11(3)26-16/h5-8H,1,9H2,2-4H3,(H,19,22)/b12-6-. The van der Waals surface area contributed by atoms with Gasteiger partial charge in [-0.1, -0.05) is 18.7 Å². The van der Waals surface area contributed by atoms with Crippen LogP contribution in [0.5, 0.6) is 0 Å². The first-order valence-corrected chi connectivity index (χ1v) is 8.96. The Bertz CT molecular complexity index is 1240. The fraction of sp³-hybridized carbons (Fsp3) is 0.222. The first kappa shape index (κ1) is 16.5. The lowest BCUT2D eigenvalue weighted by atomic mass is 10.1. The van der Waals surface area contributed by atoms with Crippen molar-refractivity contribution in [2.24, 2.45) is 7.05 Å². The van der Waals surface area contributed by atoms with Crippen LogP contribution in [-0.4, -0.2) is 29.5 Å². The number of allylic oxidation sites excluding steroid dienone is 3. The molecule has 132 valence electrons. The van der Waals surface area contributed by atoms with Gasteiger partial charge in [0.1, 0.15) is 5.52 Å². The number of hydrogen-bond acceptors (Lipinski definition) is 5. The molecule has 26 heavy (non-hydrogen) atoms. The highest BCUT2D eigenvalue weighted by Crippen LogP contribution is 2.30. The Morgan fingerprint density at radius 2 is 2.19 bits per heavy atom. The molecule has 0 radical (unpaired) electrons. The molecular weight excluding hydrogens is 348 g/mol. The van der Waals surface area contributed by atoms with Crippen molar-refractivity contribution in [3.05, 3.63) is 57.7 Å². The number of nitrogens with one attached hydrogen (secondary N) is 1. The zero-order chi connectivity index (χ0) is 18.4. The van der Waals surface area contributed by atoms with Crippen molar-refractivity contribution < 1.29 is 0 Å². The zero-order valence-electron chi connectivity index (χ0n) is 14.8. The summed E-state index contributed by atoms with van der Waals surface area (Å²) < 4.78 is 4.33. The Hall–Kier alpha value is -3.00. The topological polar surface area (TPSA) is 81.4 Å². The molecule has 0 aliphatic rings. The fourth-order valence-corrected chi connectivity index (χ4v) is 4.17. The molecular formula is C18H18N6OS. The summed E-state index contributed by atoms with van der Waals surface area (Å²) >= 11 is 1.58. The molecule has 8 heteroatoms. The van der Waals surface area contributed by atoms with Gasteiger partial charge in [0.05, 0.1) is 28.6 Å². The highest BCUT2D eigenvalue weighted by Gasteiger charge is 2.18. The minimum absolute atomic E-state index is 0.135. The monoisotopic (exact) mass is 366 g/mol. The van der Waals surface area contributed by atoms with Crippen LogP contribution in [0.2, 0.25) is 0 Å². The van der Waals surface area contributed by atoms with Crippen molar-refractivity contribution in [3.8, 4) is 0 Å². The number of aryl methyl sites for hydroxylation is 3. The van der Waals surface area contributed by atoms with Crippen LogP contribution in [0.4, 0.5) is 0 Å². The van der Waals surface area contributed by atoms with Gasteiger partial charge in [-0.05, 0) is 19.4 Å². The third-order valence-electron chi connectivity index (χ3n) is 4.45. The molecule has 0 aromatic carbocycles. The summed E-state index contributed by atoms with van der Waals surface area (Å²) in [6.45, 7) is 8.02. The van der Waals surface area contributed by atoms with E-state index in [1.54, 1.807) is 29.8 Å². The summed E-state index contributed by atoms with van der Waals surface area (Å²) in [5.74, 6) is 0. The Morgan fingerprint density at radius 1 is 1.38 bits per heavy atom. The predicted molar refractivity (Wildman–Crippen MR) is 104 cm³/mol. The second-order valence-corrected chi connectivity index (χ2v) is 7.35. The number of H-pyrrole nitrogens is 1. The highest BCUT2D eigenvalue weighted by molar-refractivity contribution is 7.19. The quantitative estimate of drug-likeness (QED) is 0.563. The molecule has 1 N–H and O–H groups in total. The number of aromatic amines is 1. The van der Waals surface area contributed by atoms with Crippen LogP contribution in [0.3, 0.4) is 0 Å². The van der Waals surface area contributed by atoms with Crippen molar-refractivity contribution >= 4 is 38.2 Å². The number of hydrogen-bond donors (Lipinski definition) is 1. The van der Waals surface area contributed by atoms with E-state index in [1.807, 2.05) is 31.5 Å². The number of fused-ring (bicyclic) bond motifs is 3.